The average Bonchev–Trinajstić information content (AvgIpc) is 3.20. The second-order valence-electron chi connectivity index (χ2n) is 8.26. The second kappa shape index (κ2) is 8.99. The maximum atomic E-state index is 13.1. The number of hydrogen-bond donors (Lipinski definition) is 3. The average molecular weight is 472 g/mol. The molecular formula is C23H26ClN5O4. The Balaban J connectivity index is 1.50. The van der Waals surface area contributed by atoms with Gasteiger partial charge in [0, 0.05) is 31.4 Å². The molecule has 0 radical (unpaired) electrons. The van der Waals surface area contributed by atoms with Gasteiger partial charge >= 0.3 is 0 Å². The van der Waals surface area contributed by atoms with E-state index in [-0.39, 0.29) is 11.9 Å². The molecule has 0 aliphatic carbocycles. The van der Waals surface area contributed by atoms with Crippen LogP contribution in [0.4, 0.5) is 17.2 Å². The Hall–Kier alpha value is -3.17. The molecule has 1 saturated heterocycles. The highest BCUT2D eigenvalue weighted by Gasteiger charge is 2.28. The van der Waals surface area contributed by atoms with Crippen molar-refractivity contribution in [3.63, 3.8) is 0 Å². The Bertz CT molecular complexity index is 1190. The van der Waals surface area contributed by atoms with Crippen LogP contribution in [0.15, 0.2) is 24.4 Å². The Morgan fingerprint density at radius 3 is 2.64 bits per heavy atom. The van der Waals surface area contributed by atoms with Crippen LogP contribution in [0.1, 0.15) is 24.2 Å². The number of ether oxygens (including phenoxy) is 3. The lowest BCUT2D eigenvalue weighted by atomic mass is 10.1. The molecule has 0 bridgehead atoms. The molecule has 4 heterocycles. The molecule has 174 valence electrons. The highest BCUT2D eigenvalue weighted by Crippen LogP contribution is 2.43. The molecule has 33 heavy (non-hydrogen) atoms. The molecule has 0 saturated carbocycles. The monoisotopic (exact) mass is 471 g/mol. The van der Waals surface area contributed by atoms with Crippen LogP contribution in [0.5, 0.6) is 11.5 Å². The van der Waals surface area contributed by atoms with Crippen molar-refractivity contribution in [3.05, 3.63) is 35.0 Å². The molecule has 1 amide bonds. The van der Waals surface area contributed by atoms with Crippen molar-refractivity contribution < 1.29 is 19.0 Å². The predicted molar refractivity (Wildman–Crippen MR) is 127 cm³/mol. The number of nitrogens with zero attached hydrogens (tertiary/aromatic N) is 2. The molecule has 9 nitrogen and oxygen atoms in total. The van der Waals surface area contributed by atoms with E-state index < -0.39 is 0 Å². The summed E-state index contributed by atoms with van der Waals surface area (Å²) < 4.78 is 17.2. The standard InChI is InChI=1S/C23H26ClN5O4/c1-13(2)26-17-11-18(28-22-19(17)15(24)12-25-22)27-16-4-3-14(20-21(16)33-10-9-32-20)23(30)29-5-7-31-8-6-29/h3-4,11-13H,5-10H2,1-2H3,(H3,25,26,27,28). The SMILES string of the molecule is CC(C)Nc1cc(Nc2ccc(C(=O)N3CCOCC3)c3c2OCCO3)nc2[nH]cc(Cl)c12. The first-order valence-corrected chi connectivity index (χ1v) is 11.4. The fourth-order valence-corrected chi connectivity index (χ4v) is 4.31. The predicted octanol–water partition coefficient (Wildman–Crippen LogP) is 4.02. The maximum Gasteiger partial charge on any atom is 0.257 e. The number of fused-ring (bicyclic) bond motifs is 2. The maximum absolute atomic E-state index is 13.1. The number of rotatable bonds is 5. The van der Waals surface area contributed by atoms with Gasteiger partial charge in [0.15, 0.2) is 11.5 Å². The number of aromatic nitrogens is 2. The minimum absolute atomic E-state index is 0.0874. The van der Waals surface area contributed by atoms with E-state index in [0.717, 1.165) is 11.1 Å². The highest BCUT2D eigenvalue weighted by atomic mass is 35.5. The van der Waals surface area contributed by atoms with E-state index in [2.05, 4.69) is 34.4 Å². The molecule has 2 aliphatic heterocycles. The quantitative estimate of drug-likeness (QED) is 0.516. The van der Waals surface area contributed by atoms with Gasteiger partial charge in [0.05, 0.1) is 40.6 Å². The summed E-state index contributed by atoms with van der Waals surface area (Å²) in [7, 11) is 0. The summed E-state index contributed by atoms with van der Waals surface area (Å²) in [5.41, 5.74) is 2.69. The zero-order valence-electron chi connectivity index (χ0n) is 18.5. The summed E-state index contributed by atoms with van der Waals surface area (Å²) in [6.07, 6.45) is 1.72. The molecule has 2 aromatic heterocycles. The Kier molecular flexibility index (Phi) is 5.90. The number of nitrogens with one attached hydrogen (secondary N) is 3. The van der Waals surface area contributed by atoms with Gasteiger partial charge in [0.25, 0.3) is 5.91 Å². The first-order valence-electron chi connectivity index (χ1n) is 11.0. The van der Waals surface area contributed by atoms with Crippen molar-refractivity contribution in [1.29, 1.82) is 0 Å². The minimum Gasteiger partial charge on any atom is -0.485 e. The van der Waals surface area contributed by atoms with Crippen molar-refractivity contribution in [2.45, 2.75) is 19.9 Å². The van der Waals surface area contributed by atoms with Crippen molar-refractivity contribution in [2.75, 3.05) is 50.2 Å². The van der Waals surface area contributed by atoms with Crippen LogP contribution in [0.3, 0.4) is 0 Å². The Morgan fingerprint density at radius 1 is 1.12 bits per heavy atom. The van der Waals surface area contributed by atoms with Crippen molar-refractivity contribution in [3.8, 4) is 11.5 Å². The van der Waals surface area contributed by atoms with Crippen LogP contribution in [0, 0.1) is 0 Å². The number of carbonyl (C=O) groups excluding carboxylic acids is 1. The highest BCUT2D eigenvalue weighted by molar-refractivity contribution is 6.36. The molecular weight excluding hydrogens is 446 g/mol. The number of H-pyrrole nitrogens is 1. The van der Waals surface area contributed by atoms with Gasteiger partial charge in [-0.25, -0.2) is 4.98 Å². The molecule has 10 heteroatoms. The molecule has 0 spiro atoms. The molecule has 1 fully saturated rings. The second-order valence-corrected chi connectivity index (χ2v) is 8.67. The van der Waals surface area contributed by atoms with Crippen molar-refractivity contribution in [1.82, 2.24) is 14.9 Å². The summed E-state index contributed by atoms with van der Waals surface area (Å²) in [6, 6.07) is 5.71. The fourth-order valence-electron chi connectivity index (χ4n) is 4.06. The number of anilines is 3. The van der Waals surface area contributed by atoms with Gasteiger partial charge in [-0.05, 0) is 26.0 Å². The van der Waals surface area contributed by atoms with Gasteiger partial charge < -0.3 is 34.7 Å². The number of morpholine rings is 1. The lowest BCUT2D eigenvalue weighted by Gasteiger charge is -2.29. The molecule has 1 aromatic carbocycles. The van der Waals surface area contributed by atoms with Crippen LogP contribution >= 0.6 is 11.6 Å². The van der Waals surface area contributed by atoms with Crippen LogP contribution in [0.2, 0.25) is 5.02 Å². The number of halogens is 1. The third-order valence-electron chi connectivity index (χ3n) is 5.52. The molecule has 5 rings (SSSR count). The molecule has 0 unspecified atom stereocenters. The van der Waals surface area contributed by atoms with E-state index in [0.29, 0.717) is 78.8 Å². The van der Waals surface area contributed by atoms with Gasteiger partial charge in [0.2, 0.25) is 0 Å². The van der Waals surface area contributed by atoms with E-state index in [1.54, 1.807) is 17.2 Å². The third-order valence-corrected chi connectivity index (χ3v) is 5.82. The number of benzene rings is 1. The summed E-state index contributed by atoms with van der Waals surface area (Å²) in [4.78, 5) is 22.7. The van der Waals surface area contributed by atoms with Gasteiger partial charge in [-0.3, -0.25) is 4.79 Å². The summed E-state index contributed by atoms with van der Waals surface area (Å²) in [5, 5.41) is 8.19. The number of pyridine rings is 1. The first kappa shape index (κ1) is 21.7. The largest absolute Gasteiger partial charge is 0.485 e. The summed E-state index contributed by atoms with van der Waals surface area (Å²) >= 11 is 6.37. The van der Waals surface area contributed by atoms with Gasteiger partial charge in [-0.2, -0.15) is 0 Å². The van der Waals surface area contributed by atoms with Crippen molar-refractivity contribution in [2.24, 2.45) is 0 Å². The summed E-state index contributed by atoms with van der Waals surface area (Å²) in [5.74, 6) is 1.47. The van der Waals surface area contributed by atoms with E-state index in [9.17, 15) is 4.79 Å². The molecule has 3 aromatic rings. The normalized spacial score (nSPS) is 15.7. The lowest BCUT2D eigenvalue weighted by Crippen LogP contribution is -2.41. The topological polar surface area (TPSA) is 101 Å². The van der Waals surface area contributed by atoms with Crippen LogP contribution in [0.25, 0.3) is 11.0 Å². The Morgan fingerprint density at radius 2 is 1.88 bits per heavy atom. The van der Waals surface area contributed by atoms with E-state index in [1.165, 1.54) is 0 Å². The third kappa shape index (κ3) is 4.26. The number of hydrogen-bond acceptors (Lipinski definition) is 7. The van der Waals surface area contributed by atoms with Gasteiger partial charge in [-0.15, -0.1) is 0 Å². The lowest BCUT2D eigenvalue weighted by molar-refractivity contribution is 0.0298. The Labute approximate surface area is 196 Å². The smallest absolute Gasteiger partial charge is 0.257 e. The van der Waals surface area contributed by atoms with Crippen LogP contribution in [-0.2, 0) is 4.74 Å². The molecule has 2 aliphatic rings. The van der Waals surface area contributed by atoms with Gasteiger partial charge in [0.1, 0.15) is 24.7 Å². The zero-order chi connectivity index (χ0) is 22.9. The minimum atomic E-state index is -0.0874. The molecule has 3 N–H and O–H groups in total. The van der Waals surface area contributed by atoms with Crippen LogP contribution < -0.4 is 20.1 Å². The zero-order valence-corrected chi connectivity index (χ0v) is 19.3. The van der Waals surface area contributed by atoms with Crippen LogP contribution in [-0.4, -0.2) is 66.3 Å². The van der Waals surface area contributed by atoms with E-state index in [4.69, 9.17) is 25.8 Å². The van der Waals surface area contributed by atoms with Crippen molar-refractivity contribution >= 4 is 45.7 Å². The van der Waals surface area contributed by atoms with E-state index in [1.807, 2.05) is 12.1 Å². The first-order chi connectivity index (χ1) is 16.0. The summed E-state index contributed by atoms with van der Waals surface area (Å²) in [6.45, 7) is 7.09. The fraction of sp³-hybridized carbons (Fsp3) is 0.391. The number of carbonyl (C=O) groups is 1. The number of amides is 1. The van der Waals surface area contributed by atoms with E-state index >= 15 is 0 Å². The van der Waals surface area contributed by atoms with Gasteiger partial charge in [-0.1, -0.05) is 11.6 Å². The molecule has 0 atom stereocenters. The number of aromatic amines is 1.